The van der Waals surface area contributed by atoms with Crippen molar-refractivity contribution >= 4 is 44.7 Å². The van der Waals surface area contributed by atoms with E-state index in [-0.39, 0.29) is 34.9 Å². The molecular formula is C23H21ClF3N3O4S. The fourth-order valence-electron chi connectivity index (χ4n) is 4.49. The van der Waals surface area contributed by atoms with Crippen molar-refractivity contribution in [2.75, 3.05) is 10.6 Å². The predicted octanol–water partition coefficient (Wildman–Crippen LogP) is 4.19. The number of nitrogens with two attached hydrogens (primary N) is 1. The quantitative estimate of drug-likeness (QED) is 0.579. The fraction of sp³-hybridized carbons (Fsp3) is 0.304. The molecule has 186 valence electrons. The Morgan fingerprint density at radius 2 is 1.57 bits per heavy atom. The fourth-order valence-corrected chi connectivity index (χ4v) is 5.93. The van der Waals surface area contributed by atoms with Crippen molar-refractivity contribution in [1.29, 1.82) is 0 Å². The summed E-state index contributed by atoms with van der Waals surface area (Å²) < 4.78 is 72.4. The smallest absolute Gasteiger partial charge is 0.399 e. The second kappa shape index (κ2) is 8.07. The molecule has 2 aromatic rings. The van der Waals surface area contributed by atoms with Crippen molar-refractivity contribution in [3.63, 3.8) is 0 Å². The Labute approximate surface area is 204 Å². The number of amides is 1. The highest BCUT2D eigenvalue weighted by Gasteiger charge is 2.72. The van der Waals surface area contributed by atoms with E-state index >= 15 is 0 Å². The average molecular weight is 528 g/mol. The highest BCUT2D eigenvalue weighted by molar-refractivity contribution is 7.89. The molecule has 4 rings (SSSR count). The number of nitrogens with zero attached hydrogens (tertiary/aromatic N) is 1. The Bertz CT molecular complexity index is 1350. The van der Waals surface area contributed by atoms with E-state index in [1.807, 2.05) is 0 Å². The minimum absolute atomic E-state index is 0.0233. The number of hydrogen-bond acceptors (Lipinski definition) is 5. The number of ketones is 1. The van der Waals surface area contributed by atoms with Crippen LogP contribution in [0, 0.1) is 5.41 Å². The molecule has 2 aliphatic rings. The molecule has 1 heterocycles. The van der Waals surface area contributed by atoms with E-state index in [4.69, 9.17) is 17.3 Å². The molecule has 1 amide bonds. The molecule has 0 radical (unpaired) electrons. The maximum atomic E-state index is 14.9. The van der Waals surface area contributed by atoms with Gasteiger partial charge in [0.1, 0.15) is 0 Å². The molecule has 0 aromatic heterocycles. The van der Waals surface area contributed by atoms with Gasteiger partial charge in [0.15, 0.2) is 5.78 Å². The number of halogens is 4. The summed E-state index contributed by atoms with van der Waals surface area (Å²) in [6.45, 7) is 3.37. The molecule has 1 atom stereocenters. The first-order chi connectivity index (χ1) is 16.1. The van der Waals surface area contributed by atoms with Gasteiger partial charge in [-0.3, -0.25) is 14.5 Å². The lowest BCUT2D eigenvalue weighted by molar-refractivity contribution is -0.184. The number of nitrogen functional groups attached to an aromatic ring is 1. The number of benzene rings is 2. The molecule has 1 aliphatic carbocycles. The van der Waals surface area contributed by atoms with Crippen molar-refractivity contribution in [3.05, 3.63) is 64.8 Å². The standard InChI is InChI=1S/C23H21ClF3N3O4S/c1-21(2)11-17-19(18(31)12-21)22(23(25,26)27,20(32)30(17)15-7-3-13(24)4-8-15)29-35(33,34)16-9-5-14(28)6-10-16/h3-10,29H,11-12,28H2,1-2H3/t22-/m0/s1. The molecule has 0 saturated heterocycles. The number of sulfonamides is 1. The van der Waals surface area contributed by atoms with Crippen LogP contribution in [0.1, 0.15) is 26.7 Å². The normalized spacial score (nSPS) is 22.5. The van der Waals surface area contributed by atoms with Gasteiger partial charge in [0.25, 0.3) is 5.91 Å². The van der Waals surface area contributed by atoms with Gasteiger partial charge in [-0.2, -0.15) is 17.9 Å². The molecule has 3 N–H and O–H groups in total. The van der Waals surface area contributed by atoms with Gasteiger partial charge in [-0.25, -0.2) is 8.42 Å². The summed E-state index contributed by atoms with van der Waals surface area (Å²) >= 11 is 5.91. The summed E-state index contributed by atoms with van der Waals surface area (Å²) in [4.78, 5) is 27.1. The SMILES string of the molecule is CC1(C)CC(=O)C2=C(C1)N(c1ccc(Cl)cc1)C(=O)[C@]2(NS(=O)(=O)c1ccc(N)cc1)C(F)(F)F. The van der Waals surface area contributed by atoms with Gasteiger partial charge in [-0.1, -0.05) is 25.4 Å². The van der Waals surface area contributed by atoms with Crippen LogP contribution in [0.15, 0.2) is 64.7 Å². The first-order valence-electron chi connectivity index (χ1n) is 10.4. The van der Waals surface area contributed by atoms with Gasteiger partial charge < -0.3 is 5.73 Å². The summed E-state index contributed by atoms with van der Waals surface area (Å²) in [5.41, 5.74) is 0.0836. The zero-order valence-electron chi connectivity index (χ0n) is 18.6. The zero-order valence-corrected chi connectivity index (χ0v) is 20.2. The van der Waals surface area contributed by atoms with Gasteiger partial charge in [-0.15, -0.1) is 0 Å². The molecule has 0 saturated carbocycles. The number of rotatable bonds is 4. The van der Waals surface area contributed by atoms with Crippen LogP contribution in [0.4, 0.5) is 24.5 Å². The summed E-state index contributed by atoms with van der Waals surface area (Å²) in [6.07, 6.45) is -5.84. The summed E-state index contributed by atoms with van der Waals surface area (Å²) in [6, 6.07) is 9.85. The molecule has 0 unspecified atom stereocenters. The number of Topliss-reactive ketones (excluding diaryl/α,β-unsaturated/α-hetero) is 1. The molecule has 0 spiro atoms. The maximum absolute atomic E-state index is 14.9. The van der Waals surface area contributed by atoms with Crippen LogP contribution in [-0.4, -0.2) is 31.8 Å². The minimum atomic E-state index is -5.48. The van der Waals surface area contributed by atoms with E-state index in [1.165, 1.54) is 36.4 Å². The topological polar surface area (TPSA) is 110 Å². The first-order valence-corrected chi connectivity index (χ1v) is 12.3. The van der Waals surface area contributed by atoms with Crippen molar-refractivity contribution < 1.29 is 31.2 Å². The van der Waals surface area contributed by atoms with Crippen LogP contribution in [-0.2, 0) is 19.6 Å². The molecular weight excluding hydrogens is 507 g/mol. The number of alkyl halides is 3. The Balaban J connectivity index is 1.98. The Kier molecular flexibility index (Phi) is 5.81. The van der Waals surface area contributed by atoms with Gasteiger partial charge in [-0.05, 0) is 60.4 Å². The van der Waals surface area contributed by atoms with Crippen LogP contribution < -0.4 is 15.4 Å². The Morgan fingerprint density at radius 1 is 1.00 bits per heavy atom. The van der Waals surface area contributed by atoms with E-state index in [2.05, 4.69) is 0 Å². The summed E-state index contributed by atoms with van der Waals surface area (Å²) in [5.74, 6) is -2.60. The van der Waals surface area contributed by atoms with Gasteiger partial charge in [0, 0.05) is 28.5 Å². The second-order valence-electron chi connectivity index (χ2n) is 9.30. The summed E-state index contributed by atoms with van der Waals surface area (Å²) in [5, 5.41) is 0.279. The molecule has 1 aliphatic heterocycles. The largest absolute Gasteiger partial charge is 0.421 e. The van der Waals surface area contributed by atoms with Crippen molar-refractivity contribution in [2.45, 2.75) is 43.3 Å². The zero-order chi connectivity index (χ0) is 26.0. The lowest BCUT2D eigenvalue weighted by Gasteiger charge is -2.35. The van der Waals surface area contributed by atoms with Crippen molar-refractivity contribution in [2.24, 2.45) is 5.41 Å². The minimum Gasteiger partial charge on any atom is -0.399 e. The highest BCUT2D eigenvalue weighted by atomic mass is 35.5. The number of anilines is 2. The van der Waals surface area contributed by atoms with E-state index in [1.54, 1.807) is 18.6 Å². The van der Waals surface area contributed by atoms with E-state index in [0.717, 1.165) is 17.0 Å². The first kappa shape index (κ1) is 25.2. The van der Waals surface area contributed by atoms with Crippen LogP contribution in [0.3, 0.4) is 0 Å². The average Bonchev–Trinajstić information content (AvgIpc) is 2.96. The van der Waals surface area contributed by atoms with E-state index < -0.39 is 49.3 Å². The van der Waals surface area contributed by atoms with E-state index in [9.17, 15) is 31.2 Å². The Morgan fingerprint density at radius 3 is 2.11 bits per heavy atom. The van der Waals surface area contributed by atoms with Crippen LogP contribution in [0.25, 0.3) is 0 Å². The van der Waals surface area contributed by atoms with Gasteiger partial charge in [0.2, 0.25) is 15.6 Å². The monoisotopic (exact) mass is 527 g/mol. The maximum Gasteiger partial charge on any atom is 0.421 e. The van der Waals surface area contributed by atoms with Gasteiger partial charge >= 0.3 is 6.18 Å². The molecule has 2 aromatic carbocycles. The van der Waals surface area contributed by atoms with Crippen LogP contribution in [0.5, 0.6) is 0 Å². The lowest BCUT2D eigenvalue weighted by atomic mass is 9.72. The van der Waals surface area contributed by atoms with Crippen LogP contribution in [0.2, 0.25) is 5.02 Å². The summed E-state index contributed by atoms with van der Waals surface area (Å²) in [7, 11) is -4.93. The number of carbonyl (C=O) groups excluding carboxylic acids is 2. The molecule has 0 fully saturated rings. The molecule has 7 nitrogen and oxygen atoms in total. The Hall–Kier alpha value is -2.89. The number of nitrogens with one attached hydrogen (secondary N) is 1. The number of hydrogen-bond donors (Lipinski definition) is 2. The van der Waals surface area contributed by atoms with Crippen LogP contribution >= 0.6 is 11.6 Å². The third-order valence-corrected chi connectivity index (χ3v) is 7.73. The highest BCUT2D eigenvalue weighted by Crippen LogP contribution is 2.53. The van der Waals surface area contributed by atoms with Crippen molar-refractivity contribution in [3.8, 4) is 0 Å². The third-order valence-electron chi connectivity index (χ3n) is 6.01. The molecule has 0 bridgehead atoms. The third kappa shape index (κ3) is 4.11. The number of allylic oxidation sites excluding steroid dienone is 1. The molecule has 12 heteroatoms. The number of carbonyl (C=O) groups is 2. The predicted molar refractivity (Wildman–Crippen MR) is 124 cm³/mol. The second-order valence-corrected chi connectivity index (χ2v) is 11.4. The van der Waals surface area contributed by atoms with Gasteiger partial charge in [0.05, 0.1) is 10.5 Å². The molecule has 35 heavy (non-hydrogen) atoms. The lowest BCUT2D eigenvalue weighted by Crippen LogP contribution is -2.66. The van der Waals surface area contributed by atoms with E-state index in [0.29, 0.717) is 0 Å². The van der Waals surface area contributed by atoms with Crippen molar-refractivity contribution in [1.82, 2.24) is 4.72 Å².